The Morgan fingerprint density at radius 1 is 0.932 bits per heavy atom. The third kappa shape index (κ3) is 7.72. The van der Waals surface area contributed by atoms with Crippen LogP contribution in [0.5, 0.6) is 0 Å². The Bertz CT molecular complexity index is 1190. The molecule has 2 aliphatic rings. The summed E-state index contributed by atoms with van der Waals surface area (Å²) in [6.07, 6.45) is 4.54. The van der Waals surface area contributed by atoms with Gasteiger partial charge in [-0.05, 0) is 75.2 Å². The predicted molar refractivity (Wildman–Crippen MR) is 178 cm³/mol. The fourth-order valence-electron chi connectivity index (χ4n) is 6.87. The summed E-state index contributed by atoms with van der Waals surface area (Å²) in [7, 11) is -2.80. The molecule has 44 heavy (non-hydrogen) atoms. The summed E-state index contributed by atoms with van der Waals surface area (Å²) in [5, 5.41) is 2.31. The van der Waals surface area contributed by atoms with Crippen molar-refractivity contribution < 1.29 is 28.2 Å². The lowest BCUT2D eigenvalue weighted by Gasteiger charge is -2.48. The van der Waals surface area contributed by atoms with Crippen molar-refractivity contribution in [1.29, 1.82) is 0 Å². The third-order valence-electron chi connectivity index (χ3n) is 9.45. The van der Waals surface area contributed by atoms with Gasteiger partial charge in [0.15, 0.2) is 0 Å². The van der Waals surface area contributed by atoms with Gasteiger partial charge in [-0.25, -0.2) is 0 Å². The zero-order valence-electron chi connectivity index (χ0n) is 28.2. The van der Waals surface area contributed by atoms with Gasteiger partial charge in [-0.1, -0.05) is 88.4 Å². The van der Waals surface area contributed by atoms with E-state index in [9.17, 15) is 9.59 Å². The van der Waals surface area contributed by atoms with E-state index in [0.717, 1.165) is 25.7 Å². The highest BCUT2D eigenvalue weighted by molar-refractivity contribution is 6.99. The number of fused-ring (bicyclic) bond motifs is 1. The van der Waals surface area contributed by atoms with Crippen molar-refractivity contribution in [3.8, 4) is 0 Å². The Labute approximate surface area is 266 Å². The zero-order valence-corrected chi connectivity index (χ0v) is 29.2. The number of hydrogen-bond acceptors (Lipinski definition) is 6. The Kier molecular flexibility index (Phi) is 11.0. The van der Waals surface area contributed by atoms with E-state index in [0.29, 0.717) is 26.1 Å². The van der Waals surface area contributed by atoms with E-state index in [1.165, 1.54) is 10.4 Å². The van der Waals surface area contributed by atoms with Crippen LogP contribution < -0.4 is 10.4 Å². The van der Waals surface area contributed by atoms with E-state index >= 15 is 0 Å². The van der Waals surface area contributed by atoms with Crippen LogP contribution in [0.3, 0.4) is 0 Å². The smallest absolute Gasteiger partial charge is 0.311 e. The molecule has 0 amide bonds. The largest absolute Gasteiger partial charge is 0.465 e. The van der Waals surface area contributed by atoms with Gasteiger partial charge in [-0.2, -0.15) is 0 Å². The molecule has 2 fully saturated rings. The first-order valence-corrected chi connectivity index (χ1v) is 18.3. The number of rotatable bonds is 12. The van der Waals surface area contributed by atoms with Crippen LogP contribution in [0.1, 0.15) is 93.9 Å². The molecule has 0 radical (unpaired) electrons. The highest BCUT2D eigenvalue weighted by Crippen LogP contribution is 2.46. The maximum Gasteiger partial charge on any atom is 0.311 e. The van der Waals surface area contributed by atoms with Gasteiger partial charge in [0.25, 0.3) is 8.32 Å². The van der Waals surface area contributed by atoms with Gasteiger partial charge < -0.3 is 18.6 Å². The molecule has 0 aliphatic carbocycles. The summed E-state index contributed by atoms with van der Waals surface area (Å²) in [6.45, 7) is 17.0. The van der Waals surface area contributed by atoms with Crippen LogP contribution in [-0.4, -0.2) is 57.2 Å². The molecule has 6 nitrogen and oxygen atoms in total. The van der Waals surface area contributed by atoms with Gasteiger partial charge in [-0.3, -0.25) is 9.59 Å². The summed E-state index contributed by atoms with van der Waals surface area (Å²) in [6, 6.07) is 21.4. The second-order valence-electron chi connectivity index (χ2n) is 15.1. The highest BCUT2D eigenvalue weighted by atomic mass is 28.4. The van der Waals surface area contributed by atoms with Crippen LogP contribution in [0.25, 0.3) is 0 Å². The summed E-state index contributed by atoms with van der Waals surface area (Å²) >= 11 is 0. The topological polar surface area (TPSA) is 71.1 Å². The number of carbonyl (C=O) groups excluding carboxylic acids is 2. The molecule has 2 aromatic rings. The molecule has 242 valence electrons. The van der Waals surface area contributed by atoms with Gasteiger partial charge in [0.2, 0.25) is 0 Å². The lowest BCUT2D eigenvalue weighted by atomic mass is 9.84. The van der Waals surface area contributed by atoms with E-state index in [4.69, 9.17) is 18.6 Å². The van der Waals surface area contributed by atoms with Gasteiger partial charge in [0.1, 0.15) is 11.4 Å². The van der Waals surface area contributed by atoms with Crippen LogP contribution in [0.4, 0.5) is 0 Å². The summed E-state index contributed by atoms with van der Waals surface area (Å²) in [5.74, 6) is -0.0417. The zero-order chi connectivity index (χ0) is 32.2. The quantitative estimate of drug-likeness (QED) is 0.151. The minimum absolute atomic E-state index is 0.0138. The van der Waals surface area contributed by atoms with Crippen LogP contribution in [0.2, 0.25) is 5.04 Å². The average molecular weight is 623 g/mol. The average Bonchev–Trinajstić information content (AvgIpc) is 3.33. The number of hydrogen-bond donors (Lipinski definition) is 0. The first-order chi connectivity index (χ1) is 20.7. The van der Waals surface area contributed by atoms with Crippen LogP contribution in [0.15, 0.2) is 60.7 Å². The van der Waals surface area contributed by atoms with Gasteiger partial charge in [0.05, 0.1) is 36.9 Å². The molecular formula is C37H54O6Si. The van der Waals surface area contributed by atoms with Crippen molar-refractivity contribution in [3.05, 3.63) is 60.7 Å². The number of benzene rings is 2. The van der Waals surface area contributed by atoms with E-state index in [-0.39, 0.29) is 41.0 Å². The first kappa shape index (κ1) is 34.5. The second kappa shape index (κ2) is 14.0. The molecule has 0 aromatic heterocycles. The number of ketones is 1. The summed E-state index contributed by atoms with van der Waals surface area (Å²) in [4.78, 5) is 24.5. The molecule has 2 heterocycles. The van der Waals surface area contributed by atoms with Crippen LogP contribution in [0, 0.1) is 11.3 Å². The molecule has 0 N–H and O–H groups in total. The van der Waals surface area contributed by atoms with Crippen LogP contribution >= 0.6 is 0 Å². The van der Waals surface area contributed by atoms with E-state index < -0.39 is 19.3 Å². The fourth-order valence-corrected chi connectivity index (χ4v) is 11.5. The Morgan fingerprint density at radius 3 is 2.05 bits per heavy atom. The molecule has 0 bridgehead atoms. The maximum absolute atomic E-state index is 12.3. The molecule has 2 aliphatic heterocycles. The molecule has 0 saturated carbocycles. The van der Waals surface area contributed by atoms with Crippen molar-refractivity contribution >= 4 is 30.4 Å². The van der Waals surface area contributed by atoms with E-state index in [1.807, 2.05) is 27.7 Å². The molecule has 7 heteroatoms. The molecule has 2 saturated heterocycles. The predicted octanol–water partition coefficient (Wildman–Crippen LogP) is 6.62. The maximum atomic E-state index is 12.3. The minimum Gasteiger partial charge on any atom is -0.465 e. The Morgan fingerprint density at radius 2 is 1.52 bits per heavy atom. The SMILES string of the molecule is CC(=O)[C@H](C)C[C@H]1CC[C@@H]2O[C@@H](CCCOC(=O)C(C)(C)C)C[C@]2(CO[Si](c2ccccc2)(c2ccccc2)C(C)(C)C)O1. The molecule has 2 aromatic carbocycles. The Balaban J connectivity index is 1.62. The van der Waals surface area contributed by atoms with E-state index in [2.05, 4.69) is 81.4 Å². The monoisotopic (exact) mass is 622 g/mol. The van der Waals surface area contributed by atoms with Crippen molar-refractivity contribution in [3.63, 3.8) is 0 Å². The highest BCUT2D eigenvalue weighted by Gasteiger charge is 2.57. The second-order valence-corrected chi connectivity index (χ2v) is 19.4. The molecular weight excluding hydrogens is 568 g/mol. The van der Waals surface area contributed by atoms with Crippen LogP contribution in [-0.2, 0) is 28.2 Å². The Hall–Kier alpha value is -2.32. The van der Waals surface area contributed by atoms with Crippen molar-refractivity contribution in [1.82, 2.24) is 0 Å². The molecule has 4 rings (SSSR count). The number of carbonyl (C=O) groups is 2. The van der Waals surface area contributed by atoms with Gasteiger partial charge >= 0.3 is 5.97 Å². The summed E-state index contributed by atoms with van der Waals surface area (Å²) < 4.78 is 26.8. The number of esters is 1. The third-order valence-corrected chi connectivity index (χ3v) is 14.4. The van der Waals surface area contributed by atoms with Crippen molar-refractivity contribution in [2.24, 2.45) is 11.3 Å². The van der Waals surface area contributed by atoms with Gasteiger partial charge in [0, 0.05) is 12.3 Å². The lowest BCUT2D eigenvalue weighted by molar-refractivity contribution is -0.184. The van der Waals surface area contributed by atoms with Gasteiger partial charge in [-0.15, -0.1) is 0 Å². The number of ether oxygens (including phenoxy) is 3. The fraction of sp³-hybridized carbons (Fsp3) is 0.622. The molecule has 5 atom stereocenters. The first-order valence-electron chi connectivity index (χ1n) is 16.4. The summed E-state index contributed by atoms with van der Waals surface area (Å²) in [5.41, 5.74) is -1.12. The minimum atomic E-state index is -2.80. The van der Waals surface area contributed by atoms with E-state index in [1.54, 1.807) is 6.92 Å². The molecule has 0 spiro atoms. The van der Waals surface area contributed by atoms with Crippen molar-refractivity contribution in [2.75, 3.05) is 13.2 Å². The lowest BCUT2D eigenvalue weighted by Crippen LogP contribution is -2.68. The van der Waals surface area contributed by atoms with Crippen molar-refractivity contribution in [2.45, 2.75) is 123 Å². The standard InChI is InChI=1S/C37H54O6Si/c1-27(28(2)38)24-29-21-22-33-37(43-29,25-30(42-33)16-15-23-40-34(39)35(3,4)5)26-41-44(36(6,7)8,31-17-11-9-12-18-31)32-19-13-10-14-20-32/h9-14,17-20,27,29-30,33H,15-16,21-26H2,1-8H3/t27-,29-,30+,33+,37-/m1/s1. The normalized spacial score (nSPS) is 24.9. The molecule has 0 unspecified atom stereocenters. The number of Topliss-reactive ketones (excluding diaryl/α,β-unsaturated/α-hetero) is 1.